The van der Waals surface area contributed by atoms with Crippen LogP contribution in [0.1, 0.15) is 36.8 Å². The average Bonchev–Trinajstić information content (AvgIpc) is 2.84. The molecule has 2 aromatic carbocycles. The average molecular weight is 443 g/mol. The second-order valence-corrected chi connectivity index (χ2v) is 8.92. The van der Waals surface area contributed by atoms with E-state index in [9.17, 15) is 20.4 Å². The number of hydrogen-bond donors (Lipinski definition) is 4. The summed E-state index contributed by atoms with van der Waals surface area (Å²) < 4.78 is 0. The zero-order valence-electron chi connectivity index (χ0n) is 18.8. The van der Waals surface area contributed by atoms with Gasteiger partial charge in [-0.25, -0.2) is 0 Å². The van der Waals surface area contributed by atoms with E-state index >= 15 is 0 Å². The first-order valence-electron chi connectivity index (χ1n) is 11.7. The van der Waals surface area contributed by atoms with Gasteiger partial charge in [-0.1, -0.05) is 73.5 Å². The molecule has 0 unspecified atom stereocenters. The van der Waals surface area contributed by atoms with Crippen LogP contribution in [0.3, 0.4) is 0 Å². The zero-order chi connectivity index (χ0) is 22.8. The third kappa shape index (κ3) is 7.37. The minimum Gasteiger partial charge on any atom is -0.394 e. The molecule has 0 heterocycles. The minimum atomic E-state index is -0.799. The van der Waals surface area contributed by atoms with Gasteiger partial charge in [-0.15, -0.1) is 0 Å². The maximum absolute atomic E-state index is 10.3. The Bertz CT molecular complexity index is 695. The fraction of sp³-hybridized carbons (Fsp3) is 0.538. The summed E-state index contributed by atoms with van der Waals surface area (Å²) in [6.07, 6.45) is 2.62. The highest BCUT2D eigenvalue weighted by Crippen LogP contribution is 2.30. The Hall–Kier alpha value is -1.80. The standard InChI is InChI=1S/C26H38N2O4/c29-19-23(31)17-27(15-21-9-3-1-4-10-21)25-13-7-8-14-26(25)28(18-24(32)20-30)16-22-11-5-2-6-12-22/h1-6,9-12,23-26,29-32H,7-8,13-20H2/t23-,24-,25+,26+/m0/s1. The highest BCUT2D eigenvalue weighted by Gasteiger charge is 2.35. The summed E-state index contributed by atoms with van der Waals surface area (Å²) in [6.45, 7) is 1.66. The van der Waals surface area contributed by atoms with Gasteiger partial charge in [-0.05, 0) is 24.0 Å². The molecule has 176 valence electrons. The molecule has 1 fully saturated rings. The van der Waals surface area contributed by atoms with Gasteiger partial charge < -0.3 is 20.4 Å². The Kier molecular flexibility index (Phi) is 10.1. The van der Waals surface area contributed by atoms with E-state index in [4.69, 9.17) is 0 Å². The van der Waals surface area contributed by atoms with E-state index in [1.807, 2.05) is 36.4 Å². The van der Waals surface area contributed by atoms with Crippen molar-refractivity contribution in [2.24, 2.45) is 0 Å². The third-order valence-electron chi connectivity index (χ3n) is 6.40. The minimum absolute atomic E-state index is 0.180. The van der Waals surface area contributed by atoms with Crippen molar-refractivity contribution < 1.29 is 20.4 Å². The lowest BCUT2D eigenvalue weighted by molar-refractivity contribution is -0.0210. The van der Waals surface area contributed by atoms with Gasteiger partial charge in [-0.2, -0.15) is 0 Å². The molecule has 1 aliphatic rings. The molecule has 0 aromatic heterocycles. The van der Waals surface area contributed by atoms with Crippen molar-refractivity contribution in [1.29, 1.82) is 0 Å². The van der Waals surface area contributed by atoms with Crippen LogP contribution in [0.5, 0.6) is 0 Å². The summed E-state index contributed by atoms with van der Waals surface area (Å²) in [5.41, 5.74) is 2.35. The molecule has 0 amide bonds. The number of aliphatic hydroxyl groups is 4. The van der Waals surface area contributed by atoms with Crippen molar-refractivity contribution in [1.82, 2.24) is 9.80 Å². The topological polar surface area (TPSA) is 87.4 Å². The van der Waals surface area contributed by atoms with Crippen LogP contribution in [-0.4, -0.2) is 80.8 Å². The van der Waals surface area contributed by atoms with Crippen molar-refractivity contribution >= 4 is 0 Å². The van der Waals surface area contributed by atoms with Gasteiger partial charge in [0.25, 0.3) is 0 Å². The monoisotopic (exact) mass is 442 g/mol. The predicted molar refractivity (Wildman–Crippen MR) is 126 cm³/mol. The first-order valence-corrected chi connectivity index (χ1v) is 11.7. The van der Waals surface area contributed by atoms with Gasteiger partial charge in [0, 0.05) is 38.3 Å². The highest BCUT2D eigenvalue weighted by atomic mass is 16.3. The van der Waals surface area contributed by atoms with Crippen LogP contribution >= 0.6 is 0 Å². The Balaban J connectivity index is 1.86. The van der Waals surface area contributed by atoms with E-state index in [1.165, 1.54) is 11.1 Å². The molecule has 2 aromatic rings. The molecule has 0 saturated heterocycles. The smallest absolute Gasteiger partial charge is 0.0897 e. The SMILES string of the molecule is OC[C@@H](O)CN(Cc1ccccc1)[C@@H]1CCCC[C@H]1N(Cc1ccccc1)C[C@H](O)CO. The van der Waals surface area contributed by atoms with Crippen LogP contribution in [0, 0.1) is 0 Å². The van der Waals surface area contributed by atoms with Crippen molar-refractivity contribution in [3.05, 3.63) is 71.8 Å². The van der Waals surface area contributed by atoms with Crippen LogP contribution in [-0.2, 0) is 13.1 Å². The maximum Gasteiger partial charge on any atom is 0.0897 e. The van der Waals surface area contributed by atoms with Crippen molar-refractivity contribution in [3.63, 3.8) is 0 Å². The van der Waals surface area contributed by atoms with E-state index in [2.05, 4.69) is 34.1 Å². The van der Waals surface area contributed by atoms with Crippen molar-refractivity contribution in [3.8, 4) is 0 Å². The van der Waals surface area contributed by atoms with Crippen LogP contribution in [0.4, 0.5) is 0 Å². The number of aliphatic hydroxyl groups excluding tert-OH is 4. The van der Waals surface area contributed by atoms with Gasteiger partial charge >= 0.3 is 0 Å². The first-order chi connectivity index (χ1) is 15.6. The fourth-order valence-corrected chi connectivity index (χ4v) is 4.87. The molecular formula is C26H38N2O4. The fourth-order valence-electron chi connectivity index (χ4n) is 4.87. The summed E-state index contributed by atoms with van der Waals surface area (Å²) in [6, 6.07) is 20.8. The molecule has 0 spiro atoms. The summed E-state index contributed by atoms with van der Waals surface area (Å²) in [5, 5.41) is 39.6. The molecule has 0 aliphatic heterocycles. The summed E-state index contributed by atoms with van der Waals surface area (Å²) in [7, 11) is 0. The lowest BCUT2D eigenvalue weighted by Crippen LogP contribution is -2.56. The van der Waals surface area contributed by atoms with E-state index in [1.54, 1.807) is 0 Å². The largest absolute Gasteiger partial charge is 0.394 e. The molecule has 6 heteroatoms. The Morgan fingerprint density at radius 2 is 1.03 bits per heavy atom. The lowest BCUT2D eigenvalue weighted by Gasteiger charge is -2.46. The van der Waals surface area contributed by atoms with Crippen LogP contribution < -0.4 is 0 Å². The molecule has 4 N–H and O–H groups in total. The molecule has 0 radical (unpaired) electrons. The van der Waals surface area contributed by atoms with Gasteiger partial charge in [0.2, 0.25) is 0 Å². The van der Waals surface area contributed by atoms with E-state index in [0.29, 0.717) is 26.2 Å². The van der Waals surface area contributed by atoms with Crippen molar-refractivity contribution in [2.45, 2.75) is 63.1 Å². The second-order valence-electron chi connectivity index (χ2n) is 8.92. The van der Waals surface area contributed by atoms with Gasteiger partial charge in [0.05, 0.1) is 25.4 Å². The van der Waals surface area contributed by atoms with E-state index in [-0.39, 0.29) is 25.3 Å². The quantitative estimate of drug-likeness (QED) is 0.402. The zero-order valence-corrected chi connectivity index (χ0v) is 18.8. The van der Waals surface area contributed by atoms with E-state index in [0.717, 1.165) is 25.7 Å². The molecule has 0 bridgehead atoms. The normalized spacial score (nSPS) is 21.1. The summed E-state index contributed by atoms with van der Waals surface area (Å²) in [4.78, 5) is 4.59. The Morgan fingerprint density at radius 1 is 0.656 bits per heavy atom. The molecule has 1 saturated carbocycles. The van der Waals surface area contributed by atoms with Crippen LogP contribution in [0.2, 0.25) is 0 Å². The molecule has 4 atom stereocenters. The summed E-state index contributed by atoms with van der Waals surface area (Å²) in [5.74, 6) is 0. The van der Waals surface area contributed by atoms with E-state index < -0.39 is 12.2 Å². The van der Waals surface area contributed by atoms with Crippen LogP contribution in [0.25, 0.3) is 0 Å². The number of nitrogens with zero attached hydrogens (tertiary/aromatic N) is 2. The van der Waals surface area contributed by atoms with Gasteiger partial charge in [0.15, 0.2) is 0 Å². The van der Waals surface area contributed by atoms with Gasteiger partial charge in [0.1, 0.15) is 0 Å². The molecular weight excluding hydrogens is 404 g/mol. The molecule has 1 aliphatic carbocycles. The van der Waals surface area contributed by atoms with Crippen LogP contribution in [0.15, 0.2) is 60.7 Å². The second kappa shape index (κ2) is 13.0. The molecule has 32 heavy (non-hydrogen) atoms. The molecule has 3 rings (SSSR count). The maximum atomic E-state index is 10.3. The molecule has 6 nitrogen and oxygen atoms in total. The Morgan fingerprint density at radius 3 is 1.38 bits per heavy atom. The first kappa shape index (κ1) is 24.8. The predicted octanol–water partition coefficient (Wildman–Crippen LogP) is 2.01. The lowest BCUT2D eigenvalue weighted by atomic mass is 9.87. The number of benzene rings is 2. The Labute approximate surface area is 191 Å². The number of rotatable bonds is 12. The van der Waals surface area contributed by atoms with Gasteiger partial charge in [-0.3, -0.25) is 9.80 Å². The van der Waals surface area contributed by atoms with Crippen molar-refractivity contribution in [2.75, 3.05) is 26.3 Å². The number of hydrogen-bond acceptors (Lipinski definition) is 6. The third-order valence-corrected chi connectivity index (χ3v) is 6.40. The highest BCUT2D eigenvalue weighted by molar-refractivity contribution is 5.16. The summed E-state index contributed by atoms with van der Waals surface area (Å²) >= 11 is 0.